The molecular weight excluding hydrogens is 226 g/mol. The second-order valence-corrected chi connectivity index (χ2v) is 5.18. The van der Waals surface area contributed by atoms with E-state index >= 15 is 0 Å². The second-order valence-electron chi connectivity index (χ2n) is 5.18. The van der Waals surface area contributed by atoms with Crippen molar-refractivity contribution in [3.05, 3.63) is 48.0 Å². The van der Waals surface area contributed by atoms with Crippen LogP contribution in [-0.4, -0.2) is 21.0 Å². The number of benzene rings is 1. The van der Waals surface area contributed by atoms with Crippen LogP contribution in [-0.2, 0) is 5.41 Å². The van der Waals surface area contributed by atoms with Gasteiger partial charge in [-0.05, 0) is 17.0 Å². The van der Waals surface area contributed by atoms with Gasteiger partial charge in [0, 0.05) is 18.0 Å². The minimum atomic E-state index is -0.0943. The number of hydrogen-bond donors (Lipinski definition) is 1. The van der Waals surface area contributed by atoms with Crippen molar-refractivity contribution in [2.45, 2.75) is 26.2 Å². The molecule has 0 radical (unpaired) electrons. The quantitative estimate of drug-likeness (QED) is 0.824. The number of aromatic hydroxyl groups is 1. The van der Waals surface area contributed by atoms with Crippen LogP contribution in [0.25, 0.3) is 0 Å². The number of imidazole rings is 1. The van der Waals surface area contributed by atoms with Crippen LogP contribution >= 0.6 is 0 Å². The summed E-state index contributed by atoms with van der Waals surface area (Å²) in [7, 11) is 0. The van der Waals surface area contributed by atoms with E-state index in [1.165, 1.54) is 0 Å². The summed E-state index contributed by atoms with van der Waals surface area (Å²) in [6.45, 7) is 6.20. The van der Waals surface area contributed by atoms with Gasteiger partial charge in [-0.15, -0.1) is 0 Å². The van der Waals surface area contributed by atoms with E-state index in [4.69, 9.17) is 0 Å². The van der Waals surface area contributed by atoms with Crippen LogP contribution < -0.4 is 0 Å². The number of rotatable bonds is 2. The average Bonchev–Trinajstić information content (AvgIpc) is 2.79. The van der Waals surface area contributed by atoms with Crippen LogP contribution in [0.3, 0.4) is 0 Å². The monoisotopic (exact) mass is 243 g/mol. The van der Waals surface area contributed by atoms with Gasteiger partial charge in [0.25, 0.3) is 0 Å². The lowest BCUT2D eigenvalue weighted by Gasteiger charge is -2.21. The zero-order valence-corrected chi connectivity index (χ0v) is 10.8. The van der Waals surface area contributed by atoms with Gasteiger partial charge in [0.1, 0.15) is 12.1 Å². The Kier molecular flexibility index (Phi) is 3.19. The van der Waals surface area contributed by atoms with Crippen molar-refractivity contribution in [2.75, 3.05) is 0 Å². The molecule has 0 aliphatic heterocycles. The van der Waals surface area contributed by atoms with E-state index in [0.717, 1.165) is 5.56 Å². The van der Waals surface area contributed by atoms with Crippen LogP contribution in [0.5, 0.6) is 5.75 Å². The standard InChI is InChI=1S/C14H17N3O/c1-14(2,3)12-6-4-5-11(13(12)18)9-16-17-8-7-15-10-17/h4-10,18H,1-3H3. The molecule has 4 nitrogen and oxygen atoms in total. The highest BCUT2D eigenvalue weighted by molar-refractivity contribution is 5.84. The molecule has 0 saturated heterocycles. The van der Waals surface area contributed by atoms with Crippen molar-refractivity contribution in [1.29, 1.82) is 0 Å². The first kappa shape index (κ1) is 12.4. The molecule has 2 aromatic rings. The molecule has 1 aromatic carbocycles. The summed E-state index contributed by atoms with van der Waals surface area (Å²) in [4.78, 5) is 3.90. The molecule has 0 aliphatic rings. The maximum atomic E-state index is 10.2. The molecule has 94 valence electrons. The third kappa shape index (κ3) is 2.59. The van der Waals surface area contributed by atoms with Gasteiger partial charge < -0.3 is 5.11 Å². The fraction of sp³-hybridized carbons (Fsp3) is 0.286. The Morgan fingerprint density at radius 3 is 2.72 bits per heavy atom. The van der Waals surface area contributed by atoms with Crippen LogP contribution in [0, 0.1) is 0 Å². The third-order valence-corrected chi connectivity index (χ3v) is 2.70. The Morgan fingerprint density at radius 2 is 2.11 bits per heavy atom. The van der Waals surface area contributed by atoms with Gasteiger partial charge in [-0.1, -0.05) is 32.9 Å². The lowest BCUT2D eigenvalue weighted by molar-refractivity contribution is 0.446. The molecule has 1 aromatic heterocycles. The molecule has 18 heavy (non-hydrogen) atoms. The van der Waals surface area contributed by atoms with Gasteiger partial charge in [-0.25, -0.2) is 9.66 Å². The lowest BCUT2D eigenvalue weighted by Crippen LogP contribution is -2.11. The lowest BCUT2D eigenvalue weighted by atomic mass is 9.85. The Morgan fingerprint density at radius 1 is 1.33 bits per heavy atom. The number of hydrogen-bond acceptors (Lipinski definition) is 3. The van der Waals surface area contributed by atoms with E-state index in [0.29, 0.717) is 5.56 Å². The van der Waals surface area contributed by atoms with E-state index in [2.05, 4.69) is 30.9 Å². The maximum Gasteiger partial charge on any atom is 0.128 e. The predicted molar refractivity (Wildman–Crippen MR) is 72.0 cm³/mol. The highest BCUT2D eigenvalue weighted by Crippen LogP contribution is 2.32. The smallest absolute Gasteiger partial charge is 0.128 e. The molecule has 1 heterocycles. The number of phenolic OH excluding ortho intramolecular Hbond substituents is 1. The summed E-state index contributed by atoms with van der Waals surface area (Å²) >= 11 is 0. The van der Waals surface area contributed by atoms with Crippen molar-refractivity contribution in [3.8, 4) is 5.75 Å². The summed E-state index contributed by atoms with van der Waals surface area (Å²) in [6, 6.07) is 5.70. The topological polar surface area (TPSA) is 50.4 Å². The maximum absolute atomic E-state index is 10.2. The molecule has 0 fully saturated rings. The Labute approximate surface area is 107 Å². The molecule has 0 saturated carbocycles. The van der Waals surface area contributed by atoms with Gasteiger partial charge in [0.15, 0.2) is 0 Å². The zero-order chi connectivity index (χ0) is 13.2. The van der Waals surface area contributed by atoms with E-state index in [1.807, 2.05) is 18.2 Å². The molecule has 0 aliphatic carbocycles. The fourth-order valence-electron chi connectivity index (χ4n) is 1.72. The molecule has 2 rings (SSSR count). The summed E-state index contributed by atoms with van der Waals surface area (Å²) in [5, 5.41) is 14.4. The summed E-state index contributed by atoms with van der Waals surface area (Å²) in [5.41, 5.74) is 1.52. The van der Waals surface area contributed by atoms with Crippen molar-refractivity contribution < 1.29 is 5.11 Å². The van der Waals surface area contributed by atoms with E-state index in [1.54, 1.807) is 29.6 Å². The van der Waals surface area contributed by atoms with E-state index in [-0.39, 0.29) is 11.2 Å². The molecule has 4 heteroatoms. The molecule has 0 spiro atoms. The van der Waals surface area contributed by atoms with E-state index < -0.39 is 0 Å². The molecule has 1 N–H and O–H groups in total. The molecule has 0 bridgehead atoms. The number of phenols is 1. The van der Waals surface area contributed by atoms with E-state index in [9.17, 15) is 5.11 Å². The third-order valence-electron chi connectivity index (χ3n) is 2.70. The van der Waals surface area contributed by atoms with Crippen LogP contribution in [0.2, 0.25) is 0 Å². The van der Waals surface area contributed by atoms with Crippen molar-refractivity contribution in [1.82, 2.24) is 9.66 Å². The highest BCUT2D eigenvalue weighted by Gasteiger charge is 2.18. The SMILES string of the molecule is CC(C)(C)c1cccc(C=Nn2ccnc2)c1O. The first-order valence-electron chi connectivity index (χ1n) is 5.83. The highest BCUT2D eigenvalue weighted by atomic mass is 16.3. The molecule has 0 atom stereocenters. The second kappa shape index (κ2) is 4.64. The largest absolute Gasteiger partial charge is 0.507 e. The van der Waals surface area contributed by atoms with Crippen molar-refractivity contribution in [2.24, 2.45) is 5.10 Å². The van der Waals surface area contributed by atoms with Crippen LogP contribution in [0.4, 0.5) is 0 Å². The fourth-order valence-corrected chi connectivity index (χ4v) is 1.72. The van der Waals surface area contributed by atoms with Crippen molar-refractivity contribution >= 4 is 6.21 Å². The zero-order valence-electron chi connectivity index (χ0n) is 10.8. The van der Waals surface area contributed by atoms with Gasteiger partial charge in [-0.3, -0.25) is 0 Å². The minimum absolute atomic E-state index is 0.0943. The number of nitrogens with zero attached hydrogens (tertiary/aromatic N) is 3. The minimum Gasteiger partial charge on any atom is -0.507 e. The molecule has 0 unspecified atom stereocenters. The summed E-state index contributed by atoms with van der Waals surface area (Å²) < 4.78 is 1.59. The predicted octanol–water partition coefficient (Wildman–Crippen LogP) is 2.77. The first-order valence-corrected chi connectivity index (χ1v) is 5.83. The summed E-state index contributed by atoms with van der Waals surface area (Å²) in [5.74, 6) is 0.286. The van der Waals surface area contributed by atoms with Gasteiger partial charge in [0.05, 0.1) is 6.21 Å². The molecular formula is C14H17N3O. The Balaban J connectivity index is 2.35. The normalized spacial score (nSPS) is 12.2. The Hall–Kier alpha value is -2.10. The number of aromatic nitrogens is 2. The Bertz CT molecular complexity index is 551. The van der Waals surface area contributed by atoms with Crippen LogP contribution in [0.15, 0.2) is 42.0 Å². The summed E-state index contributed by atoms with van der Waals surface area (Å²) in [6.07, 6.45) is 6.62. The molecule has 0 amide bonds. The van der Waals surface area contributed by atoms with Crippen molar-refractivity contribution in [3.63, 3.8) is 0 Å². The van der Waals surface area contributed by atoms with Gasteiger partial charge in [-0.2, -0.15) is 5.10 Å². The van der Waals surface area contributed by atoms with Gasteiger partial charge in [0.2, 0.25) is 0 Å². The first-order chi connectivity index (χ1) is 8.48. The van der Waals surface area contributed by atoms with Crippen LogP contribution in [0.1, 0.15) is 31.9 Å². The number of para-hydroxylation sites is 1. The average molecular weight is 243 g/mol. The van der Waals surface area contributed by atoms with Gasteiger partial charge >= 0.3 is 0 Å².